The molecule has 2 aromatic rings. The van der Waals surface area contributed by atoms with E-state index in [-0.39, 0.29) is 12.2 Å². The summed E-state index contributed by atoms with van der Waals surface area (Å²) in [6, 6.07) is 9.94. The normalized spacial score (nSPS) is 21.7. The lowest BCUT2D eigenvalue weighted by Crippen LogP contribution is -2.42. The summed E-state index contributed by atoms with van der Waals surface area (Å²) in [6.07, 6.45) is 3.91. The van der Waals surface area contributed by atoms with Gasteiger partial charge in [-0.05, 0) is 37.8 Å². The average Bonchev–Trinajstić information content (AvgIpc) is 3.24. The van der Waals surface area contributed by atoms with Crippen LogP contribution in [-0.2, 0) is 9.47 Å². The molecule has 3 aliphatic rings. The monoisotopic (exact) mass is 368 g/mol. The van der Waals surface area contributed by atoms with Gasteiger partial charge >= 0.3 is 0 Å². The lowest BCUT2D eigenvalue weighted by molar-refractivity contribution is -0.0956. The molecular formula is C20H24N4O3. The maximum absolute atomic E-state index is 13.2. The molecule has 3 fully saturated rings. The fourth-order valence-electron chi connectivity index (χ4n) is 4.10. The van der Waals surface area contributed by atoms with E-state index in [0.29, 0.717) is 30.7 Å². The first-order valence-corrected chi connectivity index (χ1v) is 9.85. The molecule has 0 atom stereocenters. The van der Waals surface area contributed by atoms with E-state index in [1.165, 1.54) is 0 Å². The molecule has 1 aromatic carbocycles. The highest BCUT2D eigenvalue weighted by molar-refractivity contribution is 5.93. The summed E-state index contributed by atoms with van der Waals surface area (Å²) in [7, 11) is 0. The number of hydrogen-bond donors (Lipinski definition) is 0. The van der Waals surface area contributed by atoms with Gasteiger partial charge in [-0.25, -0.2) is 4.68 Å². The Labute approximate surface area is 158 Å². The number of amides is 1. The van der Waals surface area contributed by atoms with Crippen LogP contribution < -0.4 is 0 Å². The van der Waals surface area contributed by atoms with Gasteiger partial charge in [0.05, 0.1) is 24.6 Å². The number of carbonyl (C=O) groups excluding carboxylic acids is 1. The number of carbonyl (C=O) groups is 1. The van der Waals surface area contributed by atoms with E-state index in [1.54, 1.807) is 0 Å². The smallest absolute Gasteiger partial charge is 0.276 e. The van der Waals surface area contributed by atoms with Crippen LogP contribution in [0, 0.1) is 5.92 Å². The van der Waals surface area contributed by atoms with Gasteiger partial charge in [0.25, 0.3) is 5.91 Å². The van der Waals surface area contributed by atoms with Crippen molar-refractivity contribution in [1.82, 2.24) is 19.9 Å². The van der Waals surface area contributed by atoms with E-state index in [2.05, 4.69) is 10.3 Å². The lowest BCUT2D eigenvalue weighted by atomic mass is 9.96. The van der Waals surface area contributed by atoms with Crippen molar-refractivity contribution >= 4 is 5.91 Å². The third-order valence-electron chi connectivity index (χ3n) is 5.73. The Morgan fingerprint density at radius 1 is 1.00 bits per heavy atom. The third-order valence-corrected chi connectivity index (χ3v) is 5.73. The maximum Gasteiger partial charge on any atom is 0.276 e. The van der Waals surface area contributed by atoms with Crippen LogP contribution in [0.5, 0.6) is 0 Å². The number of aromatic nitrogens is 3. The van der Waals surface area contributed by atoms with Gasteiger partial charge in [0.1, 0.15) is 0 Å². The van der Waals surface area contributed by atoms with Crippen molar-refractivity contribution < 1.29 is 14.3 Å². The molecule has 3 heterocycles. The van der Waals surface area contributed by atoms with Crippen LogP contribution in [0.2, 0.25) is 0 Å². The number of para-hydroxylation sites is 1. The summed E-state index contributed by atoms with van der Waals surface area (Å²) in [5.41, 5.74) is 2.45. The largest absolute Gasteiger partial charge is 0.350 e. The van der Waals surface area contributed by atoms with Crippen molar-refractivity contribution in [2.75, 3.05) is 26.3 Å². The molecule has 1 aliphatic carbocycles. The Hall–Kier alpha value is -2.25. The fourth-order valence-corrected chi connectivity index (χ4v) is 4.10. The second-order valence-corrected chi connectivity index (χ2v) is 7.58. The average molecular weight is 368 g/mol. The molecule has 0 unspecified atom stereocenters. The zero-order valence-electron chi connectivity index (χ0n) is 15.3. The Morgan fingerprint density at radius 3 is 2.37 bits per heavy atom. The van der Waals surface area contributed by atoms with Crippen molar-refractivity contribution in [2.24, 2.45) is 5.92 Å². The summed E-state index contributed by atoms with van der Waals surface area (Å²) < 4.78 is 13.1. The van der Waals surface area contributed by atoms with Crippen molar-refractivity contribution in [3.05, 3.63) is 41.7 Å². The van der Waals surface area contributed by atoms with E-state index in [9.17, 15) is 4.79 Å². The van der Waals surface area contributed by atoms with Gasteiger partial charge in [0.15, 0.2) is 12.0 Å². The van der Waals surface area contributed by atoms with Gasteiger partial charge in [-0.3, -0.25) is 4.79 Å². The molecular weight excluding hydrogens is 344 g/mol. The van der Waals surface area contributed by atoms with Crippen molar-refractivity contribution in [2.45, 2.75) is 37.9 Å². The summed E-state index contributed by atoms with van der Waals surface area (Å²) in [5.74, 6) is 0.766. The number of likely N-dealkylation sites (tertiary alicyclic amines) is 1. The molecule has 1 saturated carbocycles. The van der Waals surface area contributed by atoms with Crippen LogP contribution in [0.1, 0.15) is 47.8 Å². The van der Waals surface area contributed by atoms with E-state index in [0.717, 1.165) is 50.2 Å². The van der Waals surface area contributed by atoms with E-state index >= 15 is 0 Å². The summed E-state index contributed by atoms with van der Waals surface area (Å²) in [6.45, 7) is 2.79. The van der Waals surface area contributed by atoms with Crippen LogP contribution in [0.3, 0.4) is 0 Å². The van der Waals surface area contributed by atoms with E-state index in [4.69, 9.17) is 9.47 Å². The highest BCUT2D eigenvalue weighted by Crippen LogP contribution is 2.42. The van der Waals surface area contributed by atoms with E-state index in [1.807, 2.05) is 39.9 Å². The van der Waals surface area contributed by atoms with Crippen molar-refractivity contribution in [3.8, 4) is 5.69 Å². The molecule has 1 amide bonds. The van der Waals surface area contributed by atoms with Crippen LogP contribution >= 0.6 is 0 Å². The molecule has 142 valence electrons. The van der Waals surface area contributed by atoms with Crippen LogP contribution in [0.15, 0.2) is 30.3 Å². The molecule has 0 N–H and O–H groups in total. The summed E-state index contributed by atoms with van der Waals surface area (Å²) >= 11 is 0. The minimum atomic E-state index is -0.0942. The second kappa shape index (κ2) is 7.05. The molecule has 5 rings (SSSR count). The number of rotatable bonds is 4. The minimum absolute atomic E-state index is 0.00536. The van der Waals surface area contributed by atoms with Gasteiger partial charge in [-0.15, -0.1) is 5.10 Å². The molecule has 2 aliphatic heterocycles. The van der Waals surface area contributed by atoms with Crippen LogP contribution in [0.25, 0.3) is 5.69 Å². The van der Waals surface area contributed by atoms with Crippen LogP contribution in [-0.4, -0.2) is 58.4 Å². The third kappa shape index (κ3) is 3.26. The van der Waals surface area contributed by atoms with Gasteiger partial charge in [0.2, 0.25) is 0 Å². The second-order valence-electron chi connectivity index (χ2n) is 7.58. The number of nitrogens with zero attached hydrogens (tertiary/aromatic N) is 4. The minimum Gasteiger partial charge on any atom is -0.350 e. The zero-order chi connectivity index (χ0) is 18.2. The lowest BCUT2D eigenvalue weighted by Gasteiger charge is -2.33. The standard InChI is InChI=1S/C20H24N4O3/c25-19(23-10-8-15(9-11-23)20-26-12-13-27-20)17-18(14-6-7-14)24(22-21-17)16-4-2-1-3-5-16/h1-5,14-15,20H,6-13H2. The quantitative estimate of drug-likeness (QED) is 0.829. The first kappa shape index (κ1) is 16.9. The van der Waals surface area contributed by atoms with E-state index < -0.39 is 0 Å². The molecule has 0 spiro atoms. The highest BCUT2D eigenvalue weighted by Gasteiger charge is 2.37. The molecule has 2 saturated heterocycles. The number of ether oxygens (including phenoxy) is 2. The molecule has 0 radical (unpaired) electrons. The highest BCUT2D eigenvalue weighted by atomic mass is 16.7. The zero-order valence-corrected chi connectivity index (χ0v) is 15.3. The molecule has 0 bridgehead atoms. The van der Waals surface area contributed by atoms with Crippen LogP contribution in [0.4, 0.5) is 0 Å². The number of benzene rings is 1. The fraction of sp³-hybridized carbons (Fsp3) is 0.550. The summed E-state index contributed by atoms with van der Waals surface area (Å²) in [4.78, 5) is 15.1. The predicted octanol–water partition coefficient (Wildman–Crippen LogP) is 2.37. The predicted molar refractivity (Wildman–Crippen MR) is 97.7 cm³/mol. The van der Waals surface area contributed by atoms with Gasteiger partial charge in [-0.2, -0.15) is 0 Å². The van der Waals surface area contributed by atoms with Gasteiger partial charge < -0.3 is 14.4 Å². The number of hydrogen-bond acceptors (Lipinski definition) is 5. The summed E-state index contributed by atoms with van der Waals surface area (Å²) in [5, 5.41) is 8.62. The molecule has 7 nitrogen and oxygen atoms in total. The Kier molecular flexibility index (Phi) is 4.41. The van der Waals surface area contributed by atoms with Gasteiger partial charge in [0, 0.05) is 24.9 Å². The Balaban J connectivity index is 1.34. The SMILES string of the molecule is O=C(c1nnn(-c2ccccc2)c1C1CC1)N1CCC(C2OCCO2)CC1. The maximum atomic E-state index is 13.2. The number of piperidine rings is 1. The molecule has 1 aromatic heterocycles. The Morgan fingerprint density at radius 2 is 1.70 bits per heavy atom. The van der Waals surface area contributed by atoms with Gasteiger partial charge in [-0.1, -0.05) is 23.4 Å². The molecule has 27 heavy (non-hydrogen) atoms. The van der Waals surface area contributed by atoms with Crippen molar-refractivity contribution in [1.29, 1.82) is 0 Å². The molecule has 7 heteroatoms. The Bertz CT molecular complexity index is 804. The first-order valence-electron chi connectivity index (χ1n) is 9.85. The van der Waals surface area contributed by atoms with Crippen molar-refractivity contribution in [3.63, 3.8) is 0 Å². The topological polar surface area (TPSA) is 69.5 Å². The first-order chi connectivity index (χ1) is 13.3.